The van der Waals surface area contributed by atoms with Crippen LogP contribution in [0.25, 0.3) is 10.2 Å². The Morgan fingerprint density at radius 3 is 2.30 bits per heavy atom. The van der Waals surface area contributed by atoms with E-state index in [9.17, 15) is 13.2 Å². The Kier molecular flexibility index (Phi) is 6.09. The van der Waals surface area contributed by atoms with E-state index in [0.29, 0.717) is 16.4 Å². The molecule has 2 N–H and O–H groups in total. The van der Waals surface area contributed by atoms with E-state index in [2.05, 4.69) is 15.0 Å². The van der Waals surface area contributed by atoms with Crippen LogP contribution in [-0.4, -0.2) is 26.4 Å². The van der Waals surface area contributed by atoms with Crippen LogP contribution in [0.2, 0.25) is 0 Å². The average molecular weight is 482 g/mol. The summed E-state index contributed by atoms with van der Waals surface area (Å²) in [6.07, 6.45) is 0. The minimum Gasteiger partial charge on any atom is -0.495 e. The molecule has 0 radical (unpaired) electrons. The largest absolute Gasteiger partial charge is 0.495 e. The number of methoxy groups -OCH3 is 1. The summed E-state index contributed by atoms with van der Waals surface area (Å²) in [4.78, 5) is 17.2. The highest BCUT2D eigenvalue weighted by Gasteiger charge is 2.23. The van der Waals surface area contributed by atoms with Crippen LogP contribution in [0.5, 0.6) is 5.75 Å². The fourth-order valence-corrected chi connectivity index (χ4v) is 5.84. The summed E-state index contributed by atoms with van der Waals surface area (Å²) in [6.45, 7) is 5.60. The maximum atomic E-state index is 13.2. The molecule has 0 spiro atoms. The Morgan fingerprint density at radius 2 is 1.64 bits per heavy atom. The Morgan fingerprint density at radius 1 is 0.970 bits per heavy atom. The summed E-state index contributed by atoms with van der Waals surface area (Å²) < 4.78 is 35.3. The van der Waals surface area contributed by atoms with E-state index in [4.69, 9.17) is 4.74 Å². The molecule has 1 amide bonds. The van der Waals surface area contributed by atoms with Gasteiger partial charge in [0.2, 0.25) is 0 Å². The lowest BCUT2D eigenvalue weighted by Crippen LogP contribution is -2.17. The lowest BCUT2D eigenvalue weighted by Gasteiger charge is -2.16. The molecule has 0 aliphatic rings. The number of rotatable bonds is 6. The quantitative estimate of drug-likeness (QED) is 0.390. The fourth-order valence-electron chi connectivity index (χ4n) is 3.50. The van der Waals surface area contributed by atoms with Crippen LogP contribution in [-0.2, 0) is 10.0 Å². The van der Waals surface area contributed by atoms with Crippen molar-refractivity contribution in [2.75, 3.05) is 17.1 Å². The van der Waals surface area contributed by atoms with Crippen molar-refractivity contribution in [3.63, 3.8) is 0 Å². The minimum absolute atomic E-state index is 0.0782. The molecule has 7 nitrogen and oxygen atoms in total. The number of nitrogens with one attached hydrogen (secondary N) is 2. The van der Waals surface area contributed by atoms with E-state index >= 15 is 0 Å². The topological polar surface area (TPSA) is 97.4 Å². The van der Waals surface area contributed by atoms with Crippen LogP contribution in [0.4, 0.5) is 11.4 Å². The first kappa shape index (κ1) is 22.8. The van der Waals surface area contributed by atoms with E-state index in [1.165, 1.54) is 30.6 Å². The minimum atomic E-state index is -3.99. The van der Waals surface area contributed by atoms with Crippen molar-refractivity contribution in [3.05, 3.63) is 76.3 Å². The smallest absolute Gasteiger partial charge is 0.284 e. The van der Waals surface area contributed by atoms with Gasteiger partial charge in [-0.05, 0) is 61.7 Å². The monoisotopic (exact) mass is 481 g/mol. The van der Waals surface area contributed by atoms with Crippen LogP contribution < -0.4 is 14.8 Å². The van der Waals surface area contributed by atoms with Crippen molar-refractivity contribution in [2.45, 2.75) is 25.7 Å². The highest BCUT2D eigenvalue weighted by molar-refractivity contribution is 7.92. The zero-order valence-corrected chi connectivity index (χ0v) is 20.2. The summed E-state index contributed by atoms with van der Waals surface area (Å²) in [6, 6.07) is 15.8. The molecule has 9 heteroatoms. The van der Waals surface area contributed by atoms with Gasteiger partial charge >= 0.3 is 0 Å². The summed E-state index contributed by atoms with van der Waals surface area (Å²) in [7, 11) is -2.59. The number of aryl methyl sites for hydroxylation is 3. The van der Waals surface area contributed by atoms with E-state index in [1.54, 1.807) is 6.07 Å². The molecule has 33 heavy (non-hydrogen) atoms. The van der Waals surface area contributed by atoms with Crippen molar-refractivity contribution in [1.29, 1.82) is 0 Å². The number of sulfonamides is 1. The lowest BCUT2D eigenvalue weighted by atomic mass is 10.1. The van der Waals surface area contributed by atoms with Gasteiger partial charge in [0.25, 0.3) is 15.9 Å². The van der Waals surface area contributed by atoms with Gasteiger partial charge in [-0.25, -0.2) is 13.4 Å². The normalized spacial score (nSPS) is 11.4. The Bertz CT molecular complexity index is 1460. The number of amides is 1. The van der Waals surface area contributed by atoms with Gasteiger partial charge in [-0.15, -0.1) is 11.3 Å². The summed E-state index contributed by atoms with van der Waals surface area (Å²) >= 11 is 1.28. The van der Waals surface area contributed by atoms with E-state index in [0.717, 1.165) is 26.9 Å². The first-order chi connectivity index (χ1) is 15.7. The third kappa shape index (κ3) is 4.55. The van der Waals surface area contributed by atoms with E-state index < -0.39 is 15.9 Å². The molecular formula is C24H23N3O4S2. The molecule has 4 aromatic rings. The lowest BCUT2D eigenvalue weighted by molar-refractivity contribution is 0.102. The van der Waals surface area contributed by atoms with Crippen LogP contribution in [0.1, 0.15) is 26.5 Å². The molecule has 0 fully saturated rings. The van der Waals surface area contributed by atoms with E-state index in [1.807, 2.05) is 57.2 Å². The molecule has 0 saturated heterocycles. The number of carbonyl (C=O) groups is 1. The number of ether oxygens (including phenoxy) is 1. The molecule has 0 aliphatic heterocycles. The third-order valence-electron chi connectivity index (χ3n) is 5.24. The maximum absolute atomic E-state index is 13.2. The predicted molar refractivity (Wildman–Crippen MR) is 132 cm³/mol. The van der Waals surface area contributed by atoms with Crippen molar-refractivity contribution >= 4 is 48.9 Å². The third-order valence-corrected chi connectivity index (χ3v) is 7.63. The van der Waals surface area contributed by atoms with E-state index in [-0.39, 0.29) is 10.6 Å². The molecule has 0 saturated carbocycles. The summed E-state index contributed by atoms with van der Waals surface area (Å²) in [5, 5.41) is 3.05. The van der Waals surface area contributed by atoms with Gasteiger partial charge in [0.15, 0.2) is 5.01 Å². The van der Waals surface area contributed by atoms with Gasteiger partial charge in [0.05, 0.1) is 23.0 Å². The SMILES string of the molecule is COc1ccc(NC(=O)c2nc3c(C)cccc3s2)cc1S(=O)(=O)Nc1c(C)cccc1C. The van der Waals surface area contributed by atoms with Gasteiger partial charge in [-0.1, -0.05) is 30.3 Å². The summed E-state index contributed by atoms with van der Waals surface area (Å²) in [5.41, 5.74) is 4.19. The molecule has 3 aromatic carbocycles. The maximum Gasteiger partial charge on any atom is 0.284 e. The first-order valence-electron chi connectivity index (χ1n) is 10.1. The molecule has 170 valence electrons. The number of hydrogen-bond acceptors (Lipinski definition) is 6. The number of para-hydroxylation sites is 2. The average Bonchev–Trinajstić information content (AvgIpc) is 3.22. The molecule has 0 bridgehead atoms. The molecule has 4 rings (SSSR count). The van der Waals surface area contributed by atoms with Gasteiger partial charge in [0.1, 0.15) is 10.6 Å². The molecule has 1 aromatic heterocycles. The standard InChI is InChI=1S/C24H23N3O4S2/c1-14-7-5-8-15(2)21(14)27-33(29,30)20-13-17(11-12-18(20)31-4)25-23(28)24-26-22-16(3)9-6-10-19(22)32-24/h5-13,27H,1-4H3,(H,25,28). The van der Waals surface area contributed by atoms with Crippen molar-refractivity contribution < 1.29 is 17.9 Å². The molecule has 0 unspecified atom stereocenters. The number of aromatic nitrogens is 1. The van der Waals surface area contributed by atoms with Gasteiger partial charge in [0, 0.05) is 5.69 Å². The number of fused-ring (bicyclic) bond motifs is 1. The number of carbonyl (C=O) groups excluding carboxylic acids is 1. The number of hydrogen-bond donors (Lipinski definition) is 2. The van der Waals surface area contributed by atoms with Crippen molar-refractivity contribution in [3.8, 4) is 5.75 Å². The van der Waals surface area contributed by atoms with Crippen LogP contribution >= 0.6 is 11.3 Å². The van der Waals surface area contributed by atoms with Crippen LogP contribution in [0.3, 0.4) is 0 Å². The molecular weight excluding hydrogens is 458 g/mol. The van der Waals surface area contributed by atoms with Gasteiger partial charge in [-0.2, -0.15) is 0 Å². The number of thiazole rings is 1. The molecule has 0 atom stereocenters. The predicted octanol–water partition coefficient (Wildman–Crippen LogP) is 5.28. The van der Waals surface area contributed by atoms with Crippen LogP contribution in [0.15, 0.2) is 59.5 Å². The second-order valence-corrected chi connectivity index (χ2v) is 10.3. The number of anilines is 2. The molecule has 0 aliphatic carbocycles. The fraction of sp³-hybridized carbons (Fsp3) is 0.167. The highest BCUT2D eigenvalue weighted by atomic mass is 32.2. The highest BCUT2D eigenvalue weighted by Crippen LogP contribution is 2.31. The van der Waals surface area contributed by atoms with Crippen LogP contribution in [0, 0.1) is 20.8 Å². The second kappa shape index (κ2) is 8.84. The van der Waals surface area contributed by atoms with Gasteiger partial charge in [-0.3, -0.25) is 9.52 Å². The Balaban J connectivity index is 1.66. The zero-order chi connectivity index (χ0) is 23.8. The van der Waals surface area contributed by atoms with Crippen molar-refractivity contribution in [2.24, 2.45) is 0 Å². The van der Waals surface area contributed by atoms with Gasteiger partial charge < -0.3 is 10.1 Å². The number of nitrogens with zero attached hydrogens (tertiary/aromatic N) is 1. The summed E-state index contributed by atoms with van der Waals surface area (Å²) in [5.74, 6) is -0.242. The Labute approximate surface area is 196 Å². The molecule has 1 heterocycles. The Hall–Kier alpha value is -3.43. The van der Waals surface area contributed by atoms with Crippen molar-refractivity contribution in [1.82, 2.24) is 4.98 Å². The number of benzene rings is 3. The zero-order valence-electron chi connectivity index (χ0n) is 18.6. The second-order valence-electron chi connectivity index (χ2n) is 7.63. The first-order valence-corrected chi connectivity index (χ1v) is 12.4.